The molecule has 114 valence electrons. The van der Waals surface area contributed by atoms with Crippen LogP contribution in [-0.2, 0) is 7.05 Å². The third-order valence-electron chi connectivity index (χ3n) is 3.12. The summed E-state index contributed by atoms with van der Waals surface area (Å²) in [6.45, 7) is 5.96. The first-order valence-corrected chi connectivity index (χ1v) is 7.97. The molecular formula is C15H22N4OS. The topological polar surface area (TPSA) is 66.0 Å². The lowest BCUT2D eigenvalue weighted by molar-refractivity contribution is 0.242. The van der Waals surface area contributed by atoms with Gasteiger partial charge in [0.25, 0.3) is 0 Å². The molecule has 0 radical (unpaired) electrons. The van der Waals surface area contributed by atoms with Gasteiger partial charge in [0.1, 0.15) is 11.6 Å². The number of thioether (sulfide) groups is 1. The van der Waals surface area contributed by atoms with Crippen molar-refractivity contribution in [2.24, 2.45) is 12.8 Å². The van der Waals surface area contributed by atoms with E-state index in [4.69, 9.17) is 10.5 Å². The Morgan fingerprint density at radius 1 is 1.24 bits per heavy atom. The van der Waals surface area contributed by atoms with Crippen LogP contribution in [0.15, 0.2) is 29.4 Å². The maximum Gasteiger partial charge on any atom is 0.191 e. The third kappa shape index (κ3) is 4.22. The van der Waals surface area contributed by atoms with Gasteiger partial charge >= 0.3 is 0 Å². The van der Waals surface area contributed by atoms with Gasteiger partial charge in [0, 0.05) is 18.8 Å². The summed E-state index contributed by atoms with van der Waals surface area (Å²) in [7, 11) is 1.96. The number of hydrogen-bond donors (Lipinski definition) is 1. The maximum atomic E-state index is 6.23. The van der Waals surface area contributed by atoms with Gasteiger partial charge in [-0.3, -0.25) is 0 Å². The predicted molar refractivity (Wildman–Crippen MR) is 85.6 cm³/mol. The molecule has 5 nitrogen and oxygen atoms in total. The van der Waals surface area contributed by atoms with Crippen LogP contribution >= 0.6 is 11.8 Å². The second-order valence-electron chi connectivity index (χ2n) is 5.24. The Bertz CT molecular complexity index is 580. The summed E-state index contributed by atoms with van der Waals surface area (Å²) >= 11 is 1.62. The number of benzene rings is 1. The summed E-state index contributed by atoms with van der Waals surface area (Å²) in [4.78, 5) is 0. The van der Waals surface area contributed by atoms with E-state index in [2.05, 4.69) is 10.2 Å². The highest BCUT2D eigenvalue weighted by Gasteiger charge is 2.11. The number of aromatic nitrogens is 3. The number of rotatable bonds is 6. The molecule has 6 heteroatoms. The molecule has 1 aromatic carbocycles. The number of ether oxygens (including phenoxy) is 1. The van der Waals surface area contributed by atoms with E-state index in [-0.39, 0.29) is 12.1 Å². The minimum Gasteiger partial charge on any atom is -0.491 e. The SMILES string of the molecule is Cc1nnc(SCC(N)c2ccc(OC(C)C)cc2)n1C. The van der Waals surface area contributed by atoms with Crippen molar-refractivity contribution < 1.29 is 4.74 Å². The smallest absolute Gasteiger partial charge is 0.191 e. The van der Waals surface area contributed by atoms with Crippen molar-refractivity contribution in [1.29, 1.82) is 0 Å². The van der Waals surface area contributed by atoms with E-state index < -0.39 is 0 Å². The Labute approximate surface area is 129 Å². The van der Waals surface area contributed by atoms with Crippen LogP contribution in [0.25, 0.3) is 0 Å². The van der Waals surface area contributed by atoms with Crippen LogP contribution in [0, 0.1) is 6.92 Å². The number of aryl methyl sites for hydroxylation is 1. The molecule has 0 saturated carbocycles. The van der Waals surface area contributed by atoms with Crippen molar-refractivity contribution in [3.63, 3.8) is 0 Å². The normalized spacial score (nSPS) is 12.7. The summed E-state index contributed by atoms with van der Waals surface area (Å²) < 4.78 is 7.60. The largest absolute Gasteiger partial charge is 0.491 e. The third-order valence-corrected chi connectivity index (χ3v) is 4.26. The molecular weight excluding hydrogens is 284 g/mol. The molecule has 0 aliphatic heterocycles. The van der Waals surface area contributed by atoms with E-state index in [1.807, 2.05) is 56.7 Å². The zero-order valence-electron chi connectivity index (χ0n) is 12.9. The highest BCUT2D eigenvalue weighted by Crippen LogP contribution is 2.23. The van der Waals surface area contributed by atoms with Crippen LogP contribution in [0.2, 0.25) is 0 Å². The first-order chi connectivity index (χ1) is 9.97. The average Bonchev–Trinajstić information content (AvgIpc) is 2.76. The molecule has 2 rings (SSSR count). The van der Waals surface area contributed by atoms with E-state index in [1.165, 1.54) is 0 Å². The van der Waals surface area contributed by atoms with Crippen molar-refractivity contribution in [3.05, 3.63) is 35.7 Å². The fourth-order valence-corrected chi connectivity index (χ4v) is 2.79. The Balaban J connectivity index is 1.94. The Morgan fingerprint density at radius 2 is 1.90 bits per heavy atom. The quantitative estimate of drug-likeness (QED) is 0.831. The minimum atomic E-state index is -0.0416. The van der Waals surface area contributed by atoms with Crippen LogP contribution in [0.1, 0.15) is 31.3 Å². The van der Waals surface area contributed by atoms with Gasteiger partial charge in [-0.25, -0.2) is 0 Å². The maximum absolute atomic E-state index is 6.23. The van der Waals surface area contributed by atoms with Crippen molar-refractivity contribution in [1.82, 2.24) is 14.8 Å². The standard InChI is InChI=1S/C15H22N4OS/c1-10(2)20-13-7-5-12(6-8-13)14(16)9-21-15-18-17-11(3)19(15)4/h5-8,10,14H,9,16H2,1-4H3. The second-order valence-corrected chi connectivity index (χ2v) is 6.23. The summed E-state index contributed by atoms with van der Waals surface area (Å²) in [5, 5.41) is 9.06. The molecule has 21 heavy (non-hydrogen) atoms. The van der Waals surface area contributed by atoms with Gasteiger partial charge in [-0.2, -0.15) is 0 Å². The lowest BCUT2D eigenvalue weighted by Gasteiger charge is -2.13. The van der Waals surface area contributed by atoms with Gasteiger partial charge in [-0.1, -0.05) is 23.9 Å². The fourth-order valence-electron chi connectivity index (χ4n) is 1.84. The minimum absolute atomic E-state index is 0.0416. The molecule has 0 fully saturated rings. The lowest BCUT2D eigenvalue weighted by atomic mass is 10.1. The monoisotopic (exact) mass is 306 g/mol. The van der Waals surface area contributed by atoms with E-state index in [0.29, 0.717) is 0 Å². The van der Waals surface area contributed by atoms with Gasteiger partial charge in [0.15, 0.2) is 5.16 Å². The van der Waals surface area contributed by atoms with Gasteiger partial charge in [0.05, 0.1) is 6.10 Å². The lowest BCUT2D eigenvalue weighted by Crippen LogP contribution is -2.13. The molecule has 2 N–H and O–H groups in total. The number of nitrogens with zero attached hydrogens (tertiary/aromatic N) is 3. The summed E-state index contributed by atoms with van der Waals surface area (Å²) in [6, 6.07) is 7.93. The van der Waals surface area contributed by atoms with Gasteiger partial charge in [0.2, 0.25) is 0 Å². The van der Waals surface area contributed by atoms with Crippen LogP contribution in [0.4, 0.5) is 0 Å². The molecule has 1 heterocycles. The second kappa shape index (κ2) is 6.95. The Hall–Kier alpha value is -1.53. The van der Waals surface area contributed by atoms with Gasteiger partial charge in [-0.05, 0) is 38.5 Å². The highest BCUT2D eigenvalue weighted by atomic mass is 32.2. The van der Waals surface area contributed by atoms with E-state index in [0.717, 1.165) is 28.0 Å². The first-order valence-electron chi connectivity index (χ1n) is 6.98. The Morgan fingerprint density at radius 3 is 2.43 bits per heavy atom. The van der Waals surface area contributed by atoms with Crippen LogP contribution < -0.4 is 10.5 Å². The number of hydrogen-bond acceptors (Lipinski definition) is 5. The van der Waals surface area contributed by atoms with E-state index in [9.17, 15) is 0 Å². The van der Waals surface area contributed by atoms with E-state index in [1.54, 1.807) is 11.8 Å². The molecule has 2 aromatic rings. The van der Waals surface area contributed by atoms with Gasteiger partial charge in [-0.15, -0.1) is 10.2 Å². The molecule has 1 aromatic heterocycles. The van der Waals surface area contributed by atoms with Crippen molar-refractivity contribution >= 4 is 11.8 Å². The van der Waals surface area contributed by atoms with E-state index >= 15 is 0 Å². The van der Waals surface area contributed by atoms with Crippen LogP contribution in [-0.4, -0.2) is 26.6 Å². The van der Waals surface area contributed by atoms with Crippen molar-refractivity contribution in [3.8, 4) is 5.75 Å². The first kappa shape index (κ1) is 15.9. The molecule has 1 unspecified atom stereocenters. The molecule has 0 spiro atoms. The highest BCUT2D eigenvalue weighted by molar-refractivity contribution is 7.99. The fraction of sp³-hybridized carbons (Fsp3) is 0.467. The van der Waals surface area contributed by atoms with Crippen LogP contribution in [0.3, 0.4) is 0 Å². The molecule has 0 aliphatic carbocycles. The average molecular weight is 306 g/mol. The zero-order chi connectivity index (χ0) is 15.4. The summed E-state index contributed by atoms with van der Waals surface area (Å²) in [5.74, 6) is 2.54. The molecule has 0 aliphatic rings. The molecule has 0 amide bonds. The van der Waals surface area contributed by atoms with Crippen LogP contribution in [0.5, 0.6) is 5.75 Å². The molecule has 0 bridgehead atoms. The predicted octanol–water partition coefficient (Wildman–Crippen LogP) is 2.70. The molecule has 0 saturated heterocycles. The summed E-state index contributed by atoms with van der Waals surface area (Å²) in [5.41, 5.74) is 7.33. The molecule has 1 atom stereocenters. The number of nitrogens with two attached hydrogens (primary N) is 1. The summed E-state index contributed by atoms with van der Waals surface area (Å²) in [6.07, 6.45) is 0.180. The zero-order valence-corrected chi connectivity index (χ0v) is 13.7. The van der Waals surface area contributed by atoms with Crippen molar-refractivity contribution in [2.75, 3.05) is 5.75 Å². The Kier molecular flexibility index (Phi) is 5.25. The van der Waals surface area contributed by atoms with Crippen molar-refractivity contribution in [2.45, 2.75) is 38.1 Å². The van der Waals surface area contributed by atoms with Gasteiger partial charge < -0.3 is 15.0 Å².